The molecule has 1 amide bonds. The molecule has 3 aliphatic heterocycles. The highest BCUT2D eigenvalue weighted by molar-refractivity contribution is 5.87. The lowest BCUT2D eigenvalue weighted by Gasteiger charge is -2.49. The molecule has 3 aliphatic rings. The average Bonchev–Trinajstić information content (AvgIpc) is 3.24. The van der Waals surface area contributed by atoms with Crippen molar-refractivity contribution in [2.24, 2.45) is 7.05 Å². The number of halogens is 3. The fourth-order valence-electron chi connectivity index (χ4n) is 6.21. The minimum absolute atomic E-state index is 0.0338. The van der Waals surface area contributed by atoms with Gasteiger partial charge in [-0.25, -0.2) is 4.98 Å². The maximum atomic E-state index is 14.2. The van der Waals surface area contributed by atoms with E-state index >= 15 is 0 Å². The number of hydrogen-bond donors (Lipinski definition) is 0. The van der Waals surface area contributed by atoms with Gasteiger partial charge in [0.05, 0.1) is 6.20 Å². The molecule has 39 heavy (non-hydrogen) atoms. The number of nitrogens with zero attached hydrogens (tertiary/aromatic N) is 7. The first kappa shape index (κ1) is 27.2. The van der Waals surface area contributed by atoms with Crippen LogP contribution in [0.15, 0.2) is 31.5 Å². The van der Waals surface area contributed by atoms with Crippen molar-refractivity contribution >= 4 is 23.5 Å². The zero-order valence-electron chi connectivity index (χ0n) is 22.6. The Morgan fingerprint density at radius 1 is 1.05 bits per heavy atom. The molecule has 0 spiro atoms. The van der Waals surface area contributed by atoms with Gasteiger partial charge in [-0.15, -0.1) is 0 Å². The van der Waals surface area contributed by atoms with Gasteiger partial charge >= 0.3 is 6.18 Å². The summed E-state index contributed by atoms with van der Waals surface area (Å²) in [6, 6.07) is 2.03. The Morgan fingerprint density at radius 3 is 2.26 bits per heavy atom. The van der Waals surface area contributed by atoms with Gasteiger partial charge in [-0.1, -0.05) is 19.2 Å². The highest BCUT2D eigenvalue weighted by Gasteiger charge is 2.41. The number of carbonyl (C=O) groups is 1. The molecule has 210 valence electrons. The summed E-state index contributed by atoms with van der Waals surface area (Å²) < 4.78 is 44.4. The van der Waals surface area contributed by atoms with Crippen LogP contribution < -0.4 is 9.80 Å². The van der Waals surface area contributed by atoms with Crippen molar-refractivity contribution in [1.29, 1.82) is 0 Å². The van der Waals surface area contributed by atoms with Gasteiger partial charge in [0.25, 0.3) is 0 Å². The molecule has 3 saturated heterocycles. The van der Waals surface area contributed by atoms with E-state index in [1.165, 1.54) is 17.8 Å². The Bertz CT molecular complexity index is 1220. The molecule has 3 fully saturated rings. The maximum Gasteiger partial charge on any atom is 0.434 e. The number of pyridine rings is 1. The summed E-state index contributed by atoms with van der Waals surface area (Å²) in [6.07, 6.45) is 1.54. The quantitative estimate of drug-likeness (QED) is 0.518. The molecule has 0 radical (unpaired) electrons. The second-order valence-electron chi connectivity index (χ2n) is 10.7. The highest BCUT2D eigenvalue weighted by atomic mass is 19.4. The molecule has 0 aromatic carbocycles. The van der Waals surface area contributed by atoms with E-state index in [0.29, 0.717) is 56.7 Å². The van der Waals surface area contributed by atoms with Crippen molar-refractivity contribution < 1.29 is 18.0 Å². The number of aryl methyl sites for hydroxylation is 2. The first-order chi connectivity index (χ1) is 18.6. The zero-order valence-corrected chi connectivity index (χ0v) is 22.6. The molecule has 0 aliphatic carbocycles. The van der Waals surface area contributed by atoms with Gasteiger partial charge in [-0.2, -0.15) is 18.3 Å². The van der Waals surface area contributed by atoms with Crippen LogP contribution >= 0.6 is 0 Å². The standard InChI is InChI=1S/C28H36F3N7O/c1-5-22-23(38-17-21(18-38)35-11-13-37(14-12-35)25(39)6-2)15-24(33-27(22)28(29,30)31)36-9-7-20(8-10-36)26-19(3)16-32-34(26)4/h5-6,15-16,20-21H,1-2,7-14,17-18H2,3-4H3. The zero-order chi connectivity index (χ0) is 27.9. The molecule has 5 rings (SSSR count). The van der Waals surface area contributed by atoms with Crippen molar-refractivity contribution in [2.45, 2.75) is 37.9 Å². The summed E-state index contributed by atoms with van der Waals surface area (Å²) in [7, 11) is 1.94. The topological polar surface area (TPSA) is 60.7 Å². The number of amides is 1. The molecule has 2 aromatic heterocycles. The van der Waals surface area contributed by atoms with E-state index in [-0.39, 0.29) is 17.5 Å². The Morgan fingerprint density at radius 2 is 1.72 bits per heavy atom. The fraction of sp³-hybridized carbons (Fsp3) is 0.536. The third-order valence-electron chi connectivity index (χ3n) is 8.40. The van der Waals surface area contributed by atoms with Crippen molar-refractivity contribution in [2.75, 3.05) is 62.2 Å². The molecular weight excluding hydrogens is 507 g/mol. The number of piperazine rings is 1. The second kappa shape index (κ2) is 10.7. The Labute approximate surface area is 227 Å². The van der Waals surface area contributed by atoms with E-state index in [9.17, 15) is 18.0 Å². The van der Waals surface area contributed by atoms with Crippen LogP contribution in [0.1, 0.15) is 41.3 Å². The number of carbonyl (C=O) groups excluding carboxylic acids is 1. The SMILES string of the molecule is C=CC(=O)N1CCN(C2CN(c3cc(N4CCC(c5c(C)cnn5C)CC4)nc(C(F)(F)F)c3C=C)C2)CC1. The van der Waals surface area contributed by atoms with E-state index < -0.39 is 11.9 Å². The lowest BCUT2D eigenvalue weighted by atomic mass is 9.91. The summed E-state index contributed by atoms with van der Waals surface area (Å²) >= 11 is 0. The fourth-order valence-corrected chi connectivity index (χ4v) is 6.21. The molecular formula is C28H36F3N7O. The van der Waals surface area contributed by atoms with Crippen LogP contribution in [-0.2, 0) is 18.0 Å². The van der Waals surface area contributed by atoms with Gasteiger partial charge in [0, 0.05) is 94.4 Å². The Balaban J connectivity index is 1.32. The summed E-state index contributed by atoms with van der Waals surface area (Å²) in [5.41, 5.74) is 2.03. The van der Waals surface area contributed by atoms with E-state index in [2.05, 4.69) is 28.1 Å². The third-order valence-corrected chi connectivity index (χ3v) is 8.40. The van der Waals surface area contributed by atoms with E-state index in [0.717, 1.165) is 31.5 Å². The number of piperidine rings is 1. The Kier molecular flexibility index (Phi) is 7.45. The van der Waals surface area contributed by atoms with Gasteiger partial charge in [-0.3, -0.25) is 14.4 Å². The predicted octanol–water partition coefficient (Wildman–Crippen LogP) is 3.69. The number of rotatable bonds is 6. The number of hydrogen-bond acceptors (Lipinski definition) is 6. The van der Waals surface area contributed by atoms with Crippen molar-refractivity contribution in [3.63, 3.8) is 0 Å². The van der Waals surface area contributed by atoms with Gasteiger partial charge in [0.15, 0.2) is 5.69 Å². The summed E-state index contributed by atoms with van der Waals surface area (Å²) in [5, 5.41) is 4.35. The van der Waals surface area contributed by atoms with Gasteiger partial charge in [-0.05, 0) is 31.4 Å². The van der Waals surface area contributed by atoms with Crippen molar-refractivity contribution in [1.82, 2.24) is 24.6 Å². The first-order valence-corrected chi connectivity index (χ1v) is 13.5. The van der Waals surface area contributed by atoms with Gasteiger partial charge in [0.2, 0.25) is 5.91 Å². The summed E-state index contributed by atoms with van der Waals surface area (Å²) in [4.78, 5) is 24.1. The van der Waals surface area contributed by atoms with Gasteiger partial charge in [0.1, 0.15) is 5.82 Å². The summed E-state index contributed by atoms with van der Waals surface area (Å²) in [6.45, 7) is 14.6. The van der Waals surface area contributed by atoms with Crippen LogP contribution in [0.3, 0.4) is 0 Å². The average molecular weight is 544 g/mol. The second-order valence-corrected chi connectivity index (χ2v) is 10.7. The lowest BCUT2D eigenvalue weighted by Crippen LogP contribution is -2.63. The van der Waals surface area contributed by atoms with Crippen LogP contribution in [0.5, 0.6) is 0 Å². The highest BCUT2D eigenvalue weighted by Crippen LogP contribution is 2.41. The van der Waals surface area contributed by atoms with Crippen LogP contribution in [-0.4, -0.2) is 88.9 Å². The van der Waals surface area contributed by atoms with Crippen LogP contribution in [0.4, 0.5) is 24.7 Å². The molecule has 0 N–H and O–H groups in total. The summed E-state index contributed by atoms with van der Waals surface area (Å²) in [5.74, 6) is 0.619. The molecule has 8 nitrogen and oxygen atoms in total. The van der Waals surface area contributed by atoms with Crippen LogP contribution in [0.2, 0.25) is 0 Å². The molecule has 0 saturated carbocycles. The minimum atomic E-state index is -4.59. The van der Waals surface area contributed by atoms with E-state index in [1.54, 1.807) is 11.0 Å². The van der Waals surface area contributed by atoms with Crippen LogP contribution in [0, 0.1) is 6.92 Å². The van der Waals surface area contributed by atoms with Crippen molar-refractivity contribution in [3.05, 3.63) is 54.0 Å². The molecule has 0 bridgehead atoms. The van der Waals surface area contributed by atoms with Crippen LogP contribution in [0.25, 0.3) is 6.08 Å². The maximum absolute atomic E-state index is 14.2. The van der Waals surface area contributed by atoms with Gasteiger partial charge < -0.3 is 14.7 Å². The third kappa shape index (κ3) is 5.28. The normalized spacial score (nSPS) is 19.8. The van der Waals surface area contributed by atoms with E-state index in [1.807, 2.05) is 34.6 Å². The molecule has 0 atom stereocenters. The molecule has 0 unspecified atom stereocenters. The molecule has 11 heteroatoms. The smallest absolute Gasteiger partial charge is 0.368 e. The largest absolute Gasteiger partial charge is 0.434 e. The first-order valence-electron chi connectivity index (χ1n) is 13.5. The minimum Gasteiger partial charge on any atom is -0.368 e. The number of alkyl halides is 3. The molecule has 2 aromatic rings. The van der Waals surface area contributed by atoms with Crippen molar-refractivity contribution in [3.8, 4) is 0 Å². The lowest BCUT2D eigenvalue weighted by molar-refractivity contribution is -0.141. The predicted molar refractivity (Wildman–Crippen MR) is 146 cm³/mol. The molecule has 5 heterocycles. The van der Waals surface area contributed by atoms with E-state index in [4.69, 9.17) is 0 Å². The number of anilines is 2. The number of aromatic nitrogens is 3. The monoisotopic (exact) mass is 543 g/mol. The Hall–Kier alpha value is -3.34.